The Bertz CT molecular complexity index is 311. The first-order valence-electron chi connectivity index (χ1n) is 3.88. The Labute approximate surface area is 73.2 Å². The average Bonchev–Trinajstić information content (AvgIpc) is 2.03. The summed E-state index contributed by atoms with van der Waals surface area (Å²) >= 11 is 0. The van der Waals surface area contributed by atoms with Gasteiger partial charge in [-0.25, -0.2) is 0 Å². The predicted molar refractivity (Wildman–Crippen MR) is 54.7 cm³/mol. The predicted octanol–water partition coefficient (Wildman–Crippen LogP) is 2.86. The molecule has 0 amide bonds. The van der Waals surface area contributed by atoms with Crippen LogP contribution in [0.3, 0.4) is 0 Å². The van der Waals surface area contributed by atoms with Crippen molar-refractivity contribution in [1.82, 2.24) is 0 Å². The summed E-state index contributed by atoms with van der Waals surface area (Å²) < 4.78 is 0. The van der Waals surface area contributed by atoms with E-state index < -0.39 is 0 Å². The van der Waals surface area contributed by atoms with E-state index in [1.807, 2.05) is 43.3 Å². The van der Waals surface area contributed by atoms with Crippen LogP contribution in [-0.2, 0) is 0 Å². The third-order valence-electron chi connectivity index (χ3n) is 1.54. The van der Waals surface area contributed by atoms with E-state index in [0.717, 1.165) is 16.8 Å². The lowest BCUT2D eigenvalue weighted by Gasteiger charge is -1.97. The van der Waals surface area contributed by atoms with Crippen LogP contribution in [-0.4, -0.2) is 0 Å². The molecule has 0 fully saturated rings. The molecule has 0 saturated carbocycles. The molecule has 0 aliphatic heterocycles. The minimum Gasteiger partial charge on any atom is -0.398 e. The van der Waals surface area contributed by atoms with Crippen LogP contribution in [0.2, 0.25) is 0 Å². The Hall–Kier alpha value is -1.50. The summed E-state index contributed by atoms with van der Waals surface area (Å²) in [5, 5.41) is 0. The van der Waals surface area contributed by atoms with E-state index in [-0.39, 0.29) is 0 Å². The normalized spacial score (nSPS) is 10.4. The minimum absolute atomic E-state index is 0.801. The van der Waals surface area contributed by atoms with Gasteiger partial charge in [0.25, 0.3) is 0 Å². The second kappa shape index (κ2) is 3.77. The van der Waals surface area contributed by atoms with E-state index in [2.05, 4.69) is 6.58 Å². The van der Waals surface area contributed by atoms with Crippen LogP contribution in [0.5, 0.6) is 0 Å². The van der Waals surface area contributed by atoms with Crippen molar-refractivity contribution in [2.75, 3.05) is 5.73 Å². The fourth-order valence-electron chi connectivity index (χ4n) is 0.895. The van der Waals surface area contributed by atoms with Gasteiger partial charge >= 0.3 is 0 Å². The van der Waals surface area contributed by atoms with E-state index in [0.29, 0.717) is 0 Å². The maximum absolute atomic E-state index is 5.73. The van der Waals surface area contributed by atoms with Crippen LogP contribution < -0.4 is 5.73 Å². The second-order valence-electron chi connectivity index (χ2n) is 2.81. The number of anilines is 1. The van der Waals surface area contributed by atoms with Gasteiger partial charge in [-0.1, -0.05) is 42.5 Å². The lowest BCUT2D eigenvalue weighted by Crippen LogP contribution is -1.87. The molecule has 0 unspecified atom stereocenters. The standard InChI is InChI=1S/C11H13N/c1-9(2)7-8-10-5-3-4-6-11(10)12/h3-8H,1,12H2,2H3. The number of nitrogens with two attached hydrogens (primary N) is 1. The lowest BCUT2D eigenvalue weighted by atomic mass is 10.1. The molecule has 0 heterocycles. The molecule has 0 aliphatic carbocycles. The molecule has 0 spiro atoms. The number of para-hydroxylation sites is 1. The lowest BCUT2D eigenvalue weighted by molar-refractivity contribution is 1.56. The van der Waals surface area contributed by atoms with E-state index >= 15 is 0 Å². The molecule has 1 heteroatoms. The number of benzene rings is 1. The molecule has 0 atom stereocenters. The number of rotatable bonds is 2. The highest BCUT2D eigenvalue weighted by Crippen LogP contribution is 2.12. The number of hydrogen-bond donors (Lipinski definition) is 1. The van der Waals surface area contributed by atoms with Gasteiger partial charge in [0.15, 0.2) is 0 Å². The van der Waals surface area contributed by atoms with Gasteiger partial charge in [-0.3, -0.25) is 0 Å². The smallest absolute Gasteiger partial charge is 0.0387 e. The van der Waals surface area contributed by atoms with E-state index in [1.165, 1.54) is 0 Å². The summed E-state index contributed by atoms with van der Waals surface area (Å²) in [7, 11) is 0. The third-order valence-corrected chi connectivity index (χ3v) is 1.54. The molecule has 1 nitrogen and oxygen atoms in total. The van der Waals surface area contributed by atoms with Crippen molar-refractivity contribution >= 4 is 11.8 Å². The van der Waals surface area contributed by atoms with Crippen LogP contribution in [0.4, 0.5) is 5.69 Å². The number of hydrogen-bond acceptors (Lipinski definition) is 1. The molecule has 0 aromatic heterocycles. The highest BCUT2D eigenvalue weighted by Gasteiger charge is 1.90. The maximum atomic E-state index is 5.73. The Kier molecular flexibility index (Phi) is 2.70. The van der Waals surface area contributed by atoms with Gasteiger partial charge in [-0.15, -0.1) is 0 Å². The molecule has 0 radical (unpaired) electrons. The highest BCUT2D eigenvalue weighted by molar-refractivity contribution is 5.65. The van der Waals surface area contributed by atoms with Crippen LogP contribution in [0.25, 0.3) is 6.08 Å². The molecular weight excluding hydrogens is 146 g/mol. The van der Waals surface area contributed by atoms with Crippen molar-refractivity contribution in [3.63, 3.8) is 0 Å². The Morgan fingerprint density at radius 3 is 2.67 bits per heavy atom. The summed E-state index contributed by atoms with van der Waals surface area (Å²) in [5.74, 6) is 0. The van der Waals surface area contributed by atoms with Crippen molar-refractivity contribution in [3.8, 4) is 0 Å². The van der Waals surface area contributed by atoms with Crippen molar-refractivity contribution in [2.45, 2.75) is 6.92 Å². The van der Waals surface area contributed by atoms with Crippen molar-refractivity contribution in [3.05, 3.63) is 48.1 Å². The quantitative estimate of drug-likeness (QED) is 0.521. The van der Waals surface area contributed by atoms with Gasteiger partial charge in [0.2, 0.25) is 0 Å². The molecule has 0 bridgehead atoms. The van der Waals surface area contributed by atoms with E-state index in [1.54, 1.807) is 0 Å². The Balaban J connectivity index is 2.89. The van der Waals surface area contributed by atoms with Gasteiger partial charge < -0.3 is 5.73 Å². The zero-order chi connectivity index (χ0) is 8.97. The number of nitrogen functional groups attached to an aromatic ring is 1. The molecule has 0 aliphatic rings. The first-order chi connectivity index (χ1) is 5.70. The first kappa shape index (κ1) is 8.60. The van der Waals surface area contributed by atoms with Crippen molar-refractivity contribution in [1.29, 1.82) is 0 Å². The molecule has 1 aromatic rings. The van der Waals surface area contributed by atoms with Gasteiger partial charge in [-0.05, 0) is 18.6 Å². The molecule has 0 saturated heterocycles. The maximum Gasteiger partial charge on any atom is 0.0387 e. The minimum atomic E-state index is 0.801. The second-order valence-corrected chi connectivity index (χ2v) is 2.81. The highest BCUT2D eigenvalue weighted by atomic mass is 14.5. The zero-order valence-electron chi connectivity index (χ0n) is 7.25. The molecular formula is C11H13N. The van der Waals surface area contributed by atoms with Gasteiger partial charge in [0.05, 0.1) is 0 Å². The van der Waals surface area contributed by atoms with E-state index in [9.17, 15) is 0 Å². The van der Waals surface area contributed by atoms with E-state index in [4.69, 9.17) is 5.73 Å². The molecule has 1 rings (SSSR count). The summed E-state index contributed by atoms with van der Waals surface area (Å²) in [4.78, 5) is 0. The van der Waals surface area contributed by atoms with Crippen LogP contribution in [0.1, 0.15) is 12.5 Å². The summed E-state index contributed by atoms with van der Waals surface area (Å²) in [6.07, 6.45) is 3.92. The monoisotopic (exact) mass is 159 g/mol. The van der Waals surface area contributed by atoms with Crippen LogP contribution in [0.15, 0.2) is 42.5 Å². The molecule has 2 N–H and O–H groups in total. The molecule has 62 valence electrons. The van der Waals surface area contributed by atoms with Crippen molar-refractivity contribution < 1.29 is 0 Å². The SMILES string of the molecule is C=C(C)C=Cc1ccccc1N. The fourth-order valence-corrected chi connectivity index (χ4v) is 0.895. The van der Waals surface area contributed by atoms with Crippen LogP contribution in [0, 0.1) is 0 Å². The third kappa shape index (κ3) is 2.27. The molecule has 12 heavy (non-hydrogen) atoms. The van der Waals surface area contributed by atoms with Gasteiger partial charge in [-0.2, -0.15) is 0 Å². The van der Waals surface area contributed by atoms with Gasteiger partial charge in [0.1, 0.15) is 0 Å². The molecule has 1 aromatic carbocycles. The van der Waals surface area contributed by atoms with Crippen molar-refractivity contribution in [2.24, 2.45) is 0 Å². The summed E-state index contributed by atoms with van der Waals surface area (Å²) in [5.41, 5.74) is 8.60. The van der Waals surface area contributed by atoms with Gasteiger partial charge in [0, 0.05) is 5.69 Å². The van der Waals surface area contributed by atoms with Crippen LogP contribution >= 0.6 is 0 Å². The topological polar surface area (TPSA) is 26.0 Å². The summed E-state index contributed by atoms with van der Waals surface area (Å²) in [6, 6.07) is 7.76. The fraction of sp³-hybridized carbons (Fsp3) is 0.0909. The zero-order valence-corrected chi connectivity index (χ0v) is 7.25. The Morgan fingerprint density at radius 1 is 1.42 bits per heavy atom. The largest absolute Gasteiger partial charge is 0.398 e. The summed E-state index contributed by atoms with van der Waals surface area (Å²) in [6.45, 7) is 5.73. The number of allylic oxidation sites excluding steroid dienone is 2. The average molecular weight is 159 g/mol. The first-order valence-corrected chi connectivity index (χ1v) is 3.88. The Morgan fingerprint density at radius 2 is 2.08 bits per heavy atom.